The Morgan fingerprint density at radius 3 is 2.45 bits per heavy atom. The fourth-order valence-electron chi connectivity index (χ4n) is 4.01. The second-order valence-electron chi connectivity index (χ2n) is 8.83. The van der Waals surface area contributed by atoms with Crippen LogP contribution in [0.5, 0.6) is 5.75 Å². The van der Waals surface area contributed by atoms with Crippen molar-refractivity contribution >= 4 is 15.9 Å². The van der Waals surface area contributed by atoms with Crippen LogP contribution in [0.4, 0.5) is 0 Å². The number of benzene rings is 2. The second-order valence-corrected chi connectivity index (χ2v) is 10.8. The number of sulfonamides is 1. The molecule has 0 radical (unpaired) electrons. The summed E-state index contributed by atoms with van der Waals surface area (Å²) in [4.78, 5) is 15.0. The van der Waals surface area contributed by atoms with Crippen LogP contribution in [0.25, 0.3) is 0 Å². The van der Waals surface area contributed by atoms with E-state index in [0.717, 1.165) is 35.3 Å². The predicted molar refractivity (Wildman–Crippen MR) is 120 cm³/mol. The van der Waals surface area contributed by atoms with Crippen LogP contribution in [0.1, 0.15) is 42.0 Å². The Labute approximate surface area is 184 Å². The van der Waals surface area contributed by atoms with Gasteiger partial charge in [-0.05, 0) is 49.9 Å². The lowest BCUT2D eigenvalue weighted by Crippen LogP contribution is -2.40. The van der Waals surface area contributed by atoms with E-state index in [1.54, 1.807) is 4.31 Å². The Kier molecular flexibility index (Phi) is 6.08. The minimum Gasteiger partial charge on any atom is -0.491 e. The molecule has 0 bridgehead atoms. The number of amides is 1. The van der Waals surface area contributed by atoms with E-state index >= 15 is 0 Å². The standard InChI is InChI=1S/C24H30N2O4S/c1-17-4-6-19(7-5-17)13-24(27)25-15-21-12-20(8-11-23(21)30-16-18(25)2)14-26(22-9-10-22)31(3,28)29/h4-8,11-12,18,22H,9-10,13-16H2,1-3H3. The van der Waals surface area contributed by atoms with Gasteiger partial charge in [-0.2, -0.15) is 4.31 Å². The van der Waals surface area contributed by atoms with Gasteiger partial charge in [0.1, 0.15) is 12.4 Å². The molecule has 1 unspecified atom stereocenters. The number of aryl methyl sites for hydroxylation is 1. The molecule has 1 aliphatic heterocycles. The van der Waals surface area contributed by atoms with Crippen LogP contribution in [0, 0.1) is 6.92 Å². The van der Waals surface area contributed by atoms with Crippen LogP contribution in [0.2, 0.25) is 0 Å². The van der Waals surface area contributed by atoms with Crippen molar-refractivity contribution in [3.05, 3.63) is 64.7 Å². The Morgan fingerprint density at radius 1 is 1.13 bits per heavy atom. The minimum absolute atomic E-state index is 0.0484. The van der Waals surface area contributed by atoms with Gasteiger partial charge in [0.05, 0.1) is 18.7 Å². The Bertz CT molecular complexity index is 1060. The third-order valence-corrected chi connectivity index (χ3v) is 7.27. The molecule has 166 valence electrons. The van der Waals surface area contributed by atoms with E-state index in [0.29, 0.717) is 26.1 Å². The molecule has 1 saturated carbocycles. The Balaban J connectivity index is 1.53. The van der Waals surface area contributed by atoms with Gasteiger partial charge in [-0.15, -0.1) is 0 Å². The molecule has 7 heteroatoms. The van der Waals surface area contributed by atoms with Crippen LogP contribution in [0.15, 0.2) is 42.5 Å². The monoisotopic (exact) mass is 442 g/mol. The van der Waals surface area contributed by atoms with Crippen molar-refractivity contribution in [1.82, 2.24) is 9.21 Å². The van der Waals surface area contributed by atoms with Crippen LogP contribution in [-0.4, -0.2) is 48.5 Å². The topological polar surface area (TPSA) is 66.9 Å². The molecular weight excluding hydrogens is 412 g/mol. The molecule has 1 heterocycles. The largest absolute Gasteiger partial charge is 0.491 e. The molecule has 2 aromatic carbocycles. The van der Waals surface area contributed by atoms with Crippen LogP contribution < -0.4 is 4.74 Å². The first-order chi connectivity index (χ1) is 14.7. The predicted octanol–water partition coefficient (Wildman–Crippen LogP) is 3.27. The average Bonchev–Trinajstić information content (AvgIpc) is 3.55. The van der Waals surface area contributed by atoms with E-state index in [1.165, 1.54) is 11.8 Å². The summed E-state index contributed by atoms with van der Waals surface area (Å²) >= 11 is 0. The molecule has 1 aliphatic carbocycles. The third-order valence-electron chi connectivity index (χ3n) is 5.99. The number of fused-ring (bicyclic) bond motifs is 1. The summed E-state index contributed by atoms with van der Waals surface area (Å²) in [7, 11) is -3.26. The van der Waals surface area contributed by atoms with E-state index in [4.69, 9.17) is 4.74 Å². The highest BCUT2D eigenvalue weighted by Gasteiger charge is 2.35. The highest BCUT2D eigenvalue weighted by molar-refractivity contribution is 7.88. The molecule has 2 aliphatic rings. The van der Waals surface area contributed by atoms with Gasteiger partial charge in [0.15, 0.2) is 0 Å². The summed E-state index contributed by atoms with van der Waals surface area (Å²) in [6.45, 7) is 5.27. The summed E-state index contributed by atoms with van der Waals surface area (Å²) in [6, 6.07) is 13.9. The zero-order valence-electron chi connectivity index (χ0n) is 18.4. The molecular formula is C24H30N2O4S. The van der Waals surface area contributed by atoms with Gasteiger partial charge in [0.25, 0.3) is 0 Å². The van der Waals surface area contributed by atoms with Gasteiger partial charge in [-0.1, -0.05) is 35.9 Å². The highest BCUT2D eigenvalue weighted by Crippen LogP contribution is 2.32. The maximum atomic E-state index is 13.1. The van der Waals surface area contributed by atoms with Crippen molar-refractivity contribution in [3.63, 3.8) is 0 Å². The molecule has 1 atom stereocenters. The van der Waals surface area contributed by atoms with Crippen LogP contribution in [0.3, 0.4) is 0 Å². The maximum absolute atomic E-state index is 13.1. The van der Waals surface area contributed by atoms with Crippen LogP contribution in [-0.2, 0) is 34.3 Å². The quantitative estimate of drug-likeness (QED) is 0.689. The number of rotatable bonds is 6. The van der Waals surface area contributed by atoms with Gasteiger partial charge in [0.2, 0.25) is 15.9 Å². The van der Waals surface area contributed by atoms with Crippen molar-refractivity contribution in [2.75, 3.05) is 12.9 Å². The first-order valence-corrected chi connectivity index (χ1v) is 12.6. The number of carbonyl (C=O) groups is 1. The van der Waals surface area contributed by atoms with Gasteiger partial charge < -0.3 is 9.64 Å². The first kappa shape index (κ1) is 21.8. The zero-order chi connectivity index (χ0) is 22.2. The third kappa shape index (κ3) is 5.28. The number of hydrogen-bond acceptors (Lipinski definition) is 4. The second kappa shape index (κ2) is 8.63. The molecule has 1 fully saturated rings. The smallest absolute Gasteiger partial charge is 0.227 e. The van der Waals surface area contributed by atoms with E-state index in [-0.39, 0.29) is 18.0 Å². The molecule has 31 heavy (non-hydrogen) atoms. The van der Waals surface area contributed by atoms with E-state index in [1.807, 2.05) is 61.2 Å². The molecule has 1 amide bonds. The van der Waals surface area contributed by atoms with Gasteiger partial charge in [-0.25, -0.2) is 8.42 Å². The summed E-state index contributed by atoms with van der Waals surface area (Å²) in [5.74, 6) is 0.826. The summed E-state index contributed by atoms with van der Waals surface area (Å²) in [6.07, 6.45) is 3.45. The normalized spacial score (nSPS) is 19.0. The molecule has 0 N–H and O–H groups in total. The summed E-state index contributed by atoms with van der Waals surface area (Å²) in [5, 5.41) is 0. The SMILES string of the molecule is Cc1ccc(CC(=O)N2Cc3cc(CN(C4CC4)S(C)(=O)=O)ccc3OCC2C)cc1. The first-order valence-electron chi connectivity index (χ1n) is 10.8. The average molecular weight is 443 g/mol. The summed E-state index contributed by atoms with van der Waals surface area (Å²) < 4.78 is 31.9. The fourth-order valence-corrected chi connectivity index (χ4v) is 5.15. The van der Waals surface area contributed by atoms with E-state index in [9.17, 15) is 13.2 Å². The molecule has 6 nitrogen and oxygen atoms in total. The van der Waals surface area contributed by atoms with Crippen molar-refractivity contribution in [2.24, 2.45) is 0 Å². The zero-order valence-corrected chi connectivity index (χ0v) is 19.2. The number of hydrogen-bond donors (Lipinski definition) is 0. The number of ether oxygens (including phenoxy) is 1. The van der Waals surface area contributed by atoms with Gasteiger partial charge >= 0.3 is 0 Å². The minimum atomic E-state index is -3.26. The van der Waals surface area contributed by atoms with Crippen molar-refractivity contribution in [3.8, 4) is 5.75 Å². The maximum Gasteiger partial charge on any atom is 0.227 e. The lowest BCUT2D eigenvalue weighted by Gasteiger charge is -2.26. The number of nitrogens with zero attached hydrogens (tertiary/aromatic N) is 2. The number of carbonyl (C=O) groups excluding carboxylic acids is 1. The van der Waals surface area contributed by atoms with Gasteiger partial charge in [-0.3, -0.25) is 4.79 Å². The Morgan fingerprint density at radius 2 is 1.81 bits per heavy atom. The van der Waals surface area contributed by atoms with Crippen molar-refractivity contribution < 1.29 is 17.9 Å². The van der Waals surface area contributed by atoms with Crippen molar-refractivity contribution in [2.45, 2.75) is 58.3 Å². The molecule has 0 spiro atoms. The van der Waals surface area contributed by atoms with E-state index < -0.39 is 10.0 Å². The lowest BCUT2D eigenvalue weighted by atomic mass is 10.1. The van der Waals surface area contributed by atoms with E-state index in [2.05, 4.69) is 0 Å². The highest BCUT2D eigenvalue weighted by atomic mass is 32.2. The van der Waals surface area contributed by atoms with Crippen molar-refractivity contribution in [1.29, 1.82) is 0 Å². The lowest BCUT2D eigenvalue weighted by molar-refractivity contribution is -0.133. The fraction of sp³-hybridized carbons (Fsp3) is 0.458. The Hall–Kier alpha value is -2.38. The molecule has 2 aromatic rings. The summed E-state index contributed by atoms with van der Waals surface area (Å²) in [5.41, 5.74) is 4.00. The molecule has 4 rings (SSSR count). The molecule has 0 saturated heterocycles. The van der Waals surface area contributed by atoms with Crippen LogP contribution >= 0.6 is 0 Å². The van der Waals surface area contributed by atoms with Gasteiger partial charge in [0, 0.05) is 24.7 Å². The molecule has 0 aromatic heterocycles.